The maximum atomic E-state index is 13.1. The summed E-state index contributed by atoms with van der Waals surface area (Å²) in [4.78, 5) is 59.7. The number of pyridine rings is 1. The van der Waals surface area contributed by atoms with Crippen molar-refractivity contribution in [1.29, 1.82) is 0 Å². The van der Waals surface area contributed by atoms with E-state index in [1.165, 1.54) is 31.0 Å². The van der Waals surface area contributed by atoms with E-state index in [0.717, 1.165) is 16.2 Å². The van der Waals surface area contributed by atoms with Crippen molar-refractivity contribution in [3.8, 4) is 0 Å². The Morgan fingerprint density at radius 3 is 2.69 bits per heavy atom. The second kappa shape index (κ2) is 11.2. The topological polar surface area (TPSA) is 191 Å². The molecule has 2 atom stereocenters. The number of nitrogens with one attached hydrogen (secondary N) is 1. The Hall–Kier alpha value is -4.24. The van der Waals surface area contributed by atoms with Gasteiger partial charge in [0.2, 0.25) is 5.60 Å². The number of oxime groups is 1. The third-order valence-corrected chi connectivity index (χ3v) is 7.73. The highest BCUT2D eigenvalue weighted by molar-refractivity contribution is 8.00. The van der Waals surface area contributed by atoms with E-state index in [9.17, 15) is 29.4 Å². The van der Waals surface area contributed by atoms with Gasteiger partial charge in [-0.25, -0.2) is 14.3 Å². The molecule has 15 heteroatoms. The van der Waals surface area contributed by atoms with Crippen LogP contribution >= 0.6 is 23.1 Å². The maximum absolute atomic E-state index is 13.1. The number of β-lactam (4-membered cyclic amide) rings is 1. The highest BCUT2D eigenvalue weighted by Crippen LogP contribution is 2.40. The minimum atomic E-state index is -1.76. The molecule has 2 aromatic heterocycles. The largest absolute Gasteiger partial charge is 0.543 e. The molecule has 1 saturated heterocycles. The number of rotatable bonds is 10. The van der Waals surface area contributed by atoms with Crippen molar-refractivity contribution in [2.45, 2.75) is 37.4 Å². The summed E-state index contributed by atoms with van der Waals surface area (Å²) in [6, 6.07) is 4.54. The number of nitrogens with two attached hydrogens (primary N) is 1. The van der Waals surface area contributed by atoms with Crippen molar-refractivity contribution >= 4 is 57.7 Å². The predicted molar refractivity (Wildman–Crippen MR) is 139 cm³/mol. The zero-order chi connectivity index (χ0) is 28.3. The average molecular weight is 573 g/mol. The van der Waals surface area contributed by atoms with Crippen molar-refractivity contribution in [2.75, 3.05) is 11.5 Å². The van der Waals surface area contributed by atoms with E-state index in [-0.39, 0.29) is 28.0 Å². The Morgan fingerprint density at radius 1 is 1.36 bits per heavy atom. The molecule has 4 rings (SSSR count). The number of carbonyl (C=O) groups excluding carboxylic acids is 3. The van der Waals surface area contributed by atoms with Gasteiger partial charge in [0.25, 0.3) is 11.8 Å². The molecule has 39 heavy (non-hydrogen) atoms. The first-order chi connectivity index (χ1) is 18.5. The molecule has 0 aromatic carbocycles. The molecule has 0 spiro atoms. The minimum Gasteiger partial charge on any atom is -0.543 e. The molecular formula is C24H24N6O7S2. The number of fused-ring (bicyclic) bond motifs is 1. The molecule has 1 fully saturated rings. The Labute approximate surface area is 230 Å². The lowest BCUT2D eigenvalue weighted by atomic mass is 10.0. The van der Waals surface area contributed by atoms with Crippen LogP contribution in [-0.2, 0) is 30.6 Å². The number of amides is 2. The molecule has 204 valence electrons. The Balaban J connectivity index is 1.52. The number of thiazole rings is 1. The van der Waals surface area contributed by atoms with Crippen LogP contribution < -0.4 is 20.7 Å². The number of aromatic nitrogens is 2. The number of carbonyl (C=O) groups is 4. The van der Waals surface area contributed by atoms with E-state index in [2.05, 4.69) is 15.5 Å². The van der Waals surface area contributed by atoms with Crippen LogP contribution in [0.1, 0.15) is 19.5 Å². The molecule has 0 saturated carbocycles. The van der Waals surface area contributed by atoms with Crippen LogP contribution in [0.2, 0.25) is 0 Å². The van der Waals surface area contributed by atoms with Crippen LogP contribution in [0.25, 0.3) is 0 Å². The molecule has 2 aliphatic heterocycles. The van der Waals surface area contributed by atoms with Gasteiger partial charge >= 0.3 is 5.97 Å². The standard InChI is InChI=1S/C24H24N6O7S2/c1-24(2,22(35)36)37-28-15(14-12-39-23(25)26-14)18(31)27-16-19(32)30-17(21(33)34)13(11-38-20(16)30)7-6-10-29-8-4-3-5-9-29/h3-9,12,16,20H,10-11H2,1-2H3,(H4-,25,26,27,31,33,34,35,36)/b7-6+,28-15-/t16?,20-/m0/s1. The van der Waals surface area contributed by atoms with Gasteiger partial charge < -0.3 is 30.9 Å². The Bertz CT molecular complexity index is 1400. The quantitative estimate of drug-likeness (QED) is 0.141. The summed E-state index contributed by atoms with van der Waals surface area (Å²) in [5.74, 6) is -4.08. The zero-order valence-electron chi connectivity index (χ0n) is 20.8. The highest BCUT2D eigenvalue weighted by atomic mass is 32.2. The molecule has 13 nitrogen and oxygen atoms in total. The molecule has 4 heterocycles. The van der Waals surface area contributed by atoms with Crippen LogP contribution in [0.5, 0.6) is 0 Å². The first-order valence-electron chi connectivity index (χ1n) is 11.5. The van der Waals surface area contributed by atoms with Crippen LogP contribution in [0, 0.1) is 0 Å². The number of hydrogen-bond acceptors (Lipinski definition) is 11. The van der Waals surface area contributed by atoms with Gasteiger partial charge in [0, 0.05) is 23.3 Å². The molecule has 0 radical (unpaired) electrons. The van der Waals surface area contributed by atoms with Crippen LogP contribution in [0.15, 0.2) is 64.6 Å². The Morgan fingerprint density at radius 2 is 2.08 bits per heavy atom. The van der Waals surface area contributed by atoms with E-state index in [4.69, 9.17) is 10.6 Å². The van der Waals surface area contributed by atoms with Crippen molar-refractivity contribution in [1.82, 2.24) is 15.2 Å². The Kier molecular flexibility index (Phi) is 8.01. The average Bonchev–Trinajstić information content (AvgIpc) is 3.32. The second-order valence-corrected chi connectivity index (χ2v) is 10.9. The molecule has 2 aromatic rings. The molecule has 2 amide bonds. The van der Waals surface area contributed by atoms with Crippen LogP contribution in [-0.4, -0.2) is 67.2 Å². The minimum absolute atomic E-state index is 0.0233. The molecule has 2 aliphatic rings. The normalized spacial score (nSPS) is 19.5. The van der Waals surface area contributed by atoms with E-state index in [1.54, 1.807) is 12.2 Å². The fourth-order valence-corrected chi connectivity index (χ4v) is 5.51. The molecule has 0 aliphatic carbocycles. The van der Waals surface area contributed by atoms with Crippen molar-refractivity contribution < 1.29 is 38.8 Å². The fourth-order valence-electron chi connectivity index (χ4n) is 3.64. The summed E-state index contributed by atoms with van der Waals surface area (Å²) in [6.07, 6.45) is 7.15. The number of carboxylic acid groups (broad SMARTS) is 2. The first kappa shape index (κ1) is 27.8. The number of hydrogen-bond donors (Lipinski definition) is 3. The third kappa shape index (κ3) is 5.93. The van der Waals surface area contributed by atoms with Crippen molar-refractivity contribution in [2.24, 2.45) is 5.16 Å². The second-order valence-electron chi connectivity index (χ2n) is 8.91. The fraction of sp³-hybridized carbons (Fsp3) is 0.292. The van der Waals surface area contributed by atoms with Gasteiger partial charge in [-0.15, -0.1) is 23.1 Å². The summed E-state index contributed by atoms with van der Waals surface area (Å²) in [7, 11) is 0. The summed E-state index contributed by atoms with van der Waals surface area (Å²) in [6.45, 7) is 2.98. The van der Waals surface area contributed by atoms with Gasteiger partial charge in [0.15, 0.2) is 29.8 Å². The van der Waals surface area contributed by atoms with Gasteiger partial charge in [0.05, 0.1) is 11.7 Å². The number of carboxylic acids is 2. The molecule has 4 N–H and O–H groups in total. The SMILES string of the molecule is CC(C)(O/N=C(\C(=O)NC1C(=O)N2C(C(=O)[O-])=C(/C=C/C[n+]3ccccc3)CS[C@@H]12)c1csc(N)n1)C(=O)O. The lowest BCUT2D eigenvalue weighted by molar-refractivity contribution is -0.687. The number of nitrogens with zero attached hydrogens (tertiary/aromatic N) is 4. The number of aliphatic carboxylic acids is 2. The van der Waals surface area contributed by atoms with Gasteiger partial charge in [-0.3, -0.25) is 14.5 Å². The van der Waals surface area contributed by atoms with Gasteiger partial charge in [0.1, 0.15) is 17.1 Å². The smallest absolute Gasteiger partial charge is 0.350 e. The number of allylic oxidation sites excluding steroid dienone is 2. The number of nitrogen functional groups attached to an aromatic ring is 1. The lowest BCUT2D eigenvalue weighted by Crippen LogP contribution is -2.71. The third-order valence-electron chi connectivity index (χ3n) is 5.75. The summed E-state index contributed by atoms with van der Waals surface area (Å²) in [5, 5.41) is 28.4. The maximum Gasteiger partial charge on any atom is 0.350 e. The number of thioether (sulfide) groups is 1. The molecular weight excluding hydrogens is 548 g/mol. The van der Waals surface area contributed by atoms with Crippen molar-refractivity contribution in [3.63, 3.8) is 0 Å². The molecule has 0 bridgehead atoms. The predicted octanol–water partition coefficient (Wildman–Crippen LogP) is -0.743. The number of anilines is 1. The monoisotopic (exact) mass is 572 g/mol. The van der Waals surface area contributed by atoms with Gasteiger partial charge in [-0.1, -0.05) is 17.3 Å². The summed E-state index contributed by atoms with van der Waals surface area (Å²) in [5.41, 5.74) is 3.71. The van der Waals surface area contributed by atoms with Crippen LogP contribution in [0.3, 0.4) is 0 Å². The summed E-state index contributed by atoms with van der Waals surface area (Å²) < 4.78 is 1.89. The highest BCUT2D eigenvalue weighted by Gasteiger charge is 2.53. The zero-order valence-corrected chi connectivity index (χ0v) is 22.4. The van der Waals surface area contributed by atoms with E-state index in [0.29, 0.717) is 12.1 Å². The lowest BCUT2D eigenvalue weighted by Gasteiger charge is -2.50. The van der Waals surface area contributed by atoms with E-state index >= 15 is 0 Å². The van der Waals surface area contributed by atoms with Crippen LogP contribution in [0.4, 0.5) is 5.13 Å². The van der Waals surface area contributed by atoms with E-state index < -0.39 is 40.8 Å². The molecule has 1 unspecified atom stereocenters. The van der Waals surface area contributed by atoms with Gasteiger partial charge in [-0.2, -0.15) is 0 Å². The summed E-state index contributed by atoms with van der Waals surface area (Å²) >= 11 is 2.30. The van der Waals surface area contributed by atoms with Gasteiger partial charge in [-0.05, 0) is 25.5 Å². The van der Waals surface area contributed by atoms with E-state index in [1.807, 2.05) is 35.2 Å². The van der Waals surface area contributed by atoms with Crippen molar-refractivity contribution in [3.05, 3.63) is 65.1 Å². The first-order valence-corrected chi connectivity index (χ1v) is 13.4.